The summed E-state index contributed by atoms with van der Waals surface area (Å²) >= 11 is 1.27. The van der Waals surface area contributed by atoms with Gasteiger partial charge in [-0.05, 0) is 31.5 Å². The standard InChI is InChI=1S/C23H16N4O2S/c1-13-8-10-16(11-9-13)27-23(29)21-19(25-26-27)18-14(2)17(12-24-22(18)30-21)20(28)15-6-4-3-5-7-15/h3-12H,1-2H3. The van der Waals surface area contributed by atoms with Crippen molar-refractivity contribution in [1.82, 2.24) is 20.0 Å². The zero-order valence-corrected chi connectivity index (χ0v) is 17.1. The molecule has 30 heavy (non-hydrogen) atoms. The lowest BCUT2D eigenvalue weighted by atomic mass is 9.99. The highest BCUT2D eigenvalue weighted by atomic mass is 32.1. The van der Waals surface area contributed by atoms with E-state index in [4.69, 9.17) is 0 Å². The molecule has 0 radical (unpaired) electrons. The summed E-state index contributed by atoms with van der Waals surface area (Å²) in [4.78, 5) is 31.2. The lowest BCUT2D eigenvalue weighted by Gasteiger charge is -2.06. The zero-order valence-electron chi connectivity index (χ0n) is 16.3. The van der Waals surface area contributed by atoms with Gasteiger partial charge < -0.3 is 0 Å². The maximum atomic E-state index is 13.1. The lowest BCUT2D eigenvalue weighted by Crippen LogP contribution is -2.21. The second-order valence-electron chi connectivity index (χ2n) is 7.09. The molecule has 7 heteroatoms. The van der Waals surface area contributed by atoms with E-state index in [2.05, 4.69) is 15.3 Å². The maximum absolute atomic E-state index is 13.1. The van der Waals surface area contributed by atoms with Crippen LogP contribution in [0.1, 0.15) is 27.0 Å². The third-order valence-corrected chi connectivity index (χ3v) is 6.21. The Morgan fingerprint density at radius 3 is 2.47 bits per heavy atom. The molecule has 0 unspecified atom stereocenters. The Morgan fingerprint density at radius 2 is 1.73 bits per heavy atom. The monoisotopic (exact) mass is 412 g/mol. The molecule has 0 aliphatic carbocycles. The number of pyridine rings is 1. The van der Waals surface area contributed by atoms with Crippen molar-refractivity contribution in [3.63, 3.8) is 0 Å². The minimum Gasteiger partial charge on any atom is -0.289 e. The molecule has 0 spiro atoms. The smallest absolute Gasteiger partial charge is 0.289 e. The largest absolute Gasteiger partial charge is 0.292 e. The highest BCUT2D eigenvalue weighted by Crippen LogP contribution is 2.33. The van der Waals surface area contributed by atoms with E-state index in [0.717, 1.165) is 11.1 Å². The number of hydrogen-bond donors (Lipinski definition) is 0. The fourth-order valence-corrected chi connectivity index (χ4v) is 4.55. The number of fused-ring (bicyclic) bond motifs is 3. The van der Waals surface area contributed by atoms with Crippen LogP contribution in [0.3, 0.4) is 0 Å². The van der Waals surface area contributed by atoms with Crippen molar-refractivity contribution >= 4 is 37.6 Å². The number of aryl methyl sites for hydroxylation is 2. The third kappa shape index (κ3) is 2.83. The number of thiophene rings is 1. The normalized spacial score (nSPS) is 11.3. The highest BCUT2D eigenvalue weighted by Gasteiger charge is 2.20. The minimum atomic E-state index is -0.248. The van der Waals surface area contributed by atoms with Crippen molar-refractivity contribution < 1.29 is 4.79 Å². The Bertz CT molecular complexity index is 1490. The minimum absolute atomic E-state index is 0.109. The van der Waals surface area contributed by atoms with Gasteiger partial charge in [-0.1, -0.05) is 53.2 Å². The van der Waals surface area contributed by atoms with E-state index in [1.54, 1.807) is 18.3 Å². The van der Waals surface area contributed by atoms with Gasteiger partial charge in [-0.25, -0.2) is 4.98 Å². The molecular formula is C23H16N4O2S. The van der Waals surface area contributed by atoms with Gasteiger partial charge >= 0.3 is 0 Å². The van der Waals surface area contributed by atoms with Crippen molar-refractivity contribution in [2.24, 2.45) is 0 Å². The molecule has 0 saturated heterocycles. The fourth-order valence-electron chi connectivity index (χ4n) is 3.49. The van der Waals surface area contributed by atoms with E-state index >= 15 is 0 Å². The van der Waals surface area contributed by atoms with Crippen molar-refractivity contribution in [3.05, 3.63) is 93.4 Å². The number of carbonyl (C=O) groups is 1. The highest BCUT2D eigenvalue weighted by molar-refractivity contribution is 7.25. The molecule has 0 saturated carbocycles. The van der Waals surface area contributed by atoms with E-state index in [1.807, 2.05) is 56.3 Å². The number of carbonyl (C=O) groups excluding carboxylic acids is 1. The molecule has 0 atom stereocenters. The Kier molecular flexibility index (Phi) is 4.25. The topological polar surface area (TPSA) is 77.7 Å². The van der Waals surface area contributed by atoms with Crippen LogP contribution in [0.25, 0.3) is 26.1 Å². The molecule has 146 valence electrons. The SMILES string of the molecule is Cc1ccc(-n2nnc3c(sc4ncc(C(=O)c5ccccc5)c(C)c43)c2=O)cc1. The second kappa shape index (κ2) is 6.96. The van der Waals surface area contributed by atoms with Crippen molar-refractivity contribution in [3.8, 4) is 5.69 Å². The first-order valence-corrected chi connectivity index (χ1v) is 10.2. The van der Waals surface area contributed by atoms with Crippen LogP contribution in [0.15, 0.2) is 65.6 Å². The first-order valence-electron chi connectivity index (χ1n) is 9.39. The van der Waals surface area contributed by atoms with Crippen LogP contribution in [0.2, 0.25) is 0 Å². The van der Waals surface area contributed by atoms with E-state index in [0.29, 0.717) is 37.2 Å². The predicted molar refractivity (Wildman–Crippen MR) is 118 cm³/mol. The number of benzene rings is 2. The average Bonchev–Trinajstić information content (AvgIpc) is 3.16. The number of rotatable bonds is 3. The number of aromatic nitrogens is 4. The van der Waals surface area contributed by atoms with E-state index in [1.165, 1.54) is 16.0 Å². The molecule has 0 amide bonds. The lowest BCUT2D eigenvalue weighted by molar-refractivity contribution is 0.103. The molecule has 0 bridgehead atoms. The van der Waals surface area contributed by atoms with Gasteiger partial charge in [-0.15, -0.1) is 16.4 Å². The maximum Gasteiger partial charge on any atom is 0.292 e. The number of ketones is 1. The predicted octanol–water partition coefficient (Wildman–Crippen LogP) is 4.24. The van der Waals surface area contributed by atoms with Crippen molar-refractivity contribution in [2.45, 2.75) is 13.8 Å². The molecule has 0 N–H and O–H groups in total. The number of nitrogens with zero attached hydrogens (tertiary/aromatic N) is 4. The molecular weight excluding hydrogens is 396 g/mol. The summed E-state index contributed by atoms with van der Waals surface area (Å²) in [6, 6.07) is 16.6. The summed E-state index contributed by atoms with van der Waals surface area (Å²) in [6.07, 6.45) is 1.58. The van der Waals surface area contributed by atoms with Gasteiger partial charge in [0.25, 0.3) is 5.56 Å². The van der Waals surface area contributed by atoms with E-state index in [-0.39, 0.29) is 11.3 Å². The van der Waals surface area contributed by atoms with Gasteiger partial charge in [0, 0.05) is 22.7 Å². The Labute approximate surface area is 175 Å². The molecule has 5 aromatic rings. The van der Waals surface area contributed by atoms with E-state index < -0.39 is 0 Å². The molecule has 3 heterocycles. The zero-order chi connectivity index (χ0) is 20.8. The molecule has 0 fully saturated rings. The number of hydrogen-bond acceptors (Lipinski definition) is 6. The Balaban J connectivity index is 1.71. The molecule has 2 aromatic carbocycles. The summed E-state index contributed by atoms with van der Waals surface area (Å²) in [5.74, 6) is -0.109. The second-order valence-corrected chi connectivity index (χ2v) is 8.09. The summed E-state index contributed by atoms with van der Waals surface area (Å²) in [6.45, 7) is 3.84. The van der Waals surface area contributed by atoms with Gasteiger partial charge in [0.1, 0.15) is 15.0 Å². The molecule has 6 nitrogen and oxygen atoms in total. The summed E-state index contributed by atoms with van der Waals surface area (Å²) in [5.41, 5.74) is 3.83. The average molecular weight is 412 g/mol. The van der Waals surface area contributed by atoms with Crippen LogP contribution in [-0.2, 0) is 0 Å². The third-order valence-electron chi connectivity index (χ3n) is 5.13. The van der Waals surface area contributed by atoms with Gasteiger partial charge in [0.05, 0.1) is 5.69 Å². The quantitative estimate of drug-likeness (QED) is 0.414. The van der Waals surface area contributed by atoms with Gasteiger partial charge in [0.15, 0.2) is 5.78 Å². The summed E-state index contributed by atoms with van der Waals surface area (Å²) < 4.78 is 1.77. The van der Waals surface area contributed by atoms with Crippen LogP contribution in [0.4, 0.5) is 0 Å². The van der Waals surface area contributed by atoms with Gasteiger partial charge in [-0.3, -0.25) is 9.59 Å². The van der Waals surface area contributed by atoms with Crippen LogP contribution in [-0.4, -0.2) is 25.8 Å². The molecule has 0 aliphatic heterocycles. The van der Waals surface area contributed by atoms with Crippen LogP contribution in [0.5, 0.6) is 0 Å². The summed E-state index contributed by atoms with van der Waals surface area (Å²) in [7, 11) is 0. The molecule has 3 aromatic heterocycles. The van der Waals surface area contributed by atoms with Crippen LogP contribution in [0, 0.1) is 13.8 Å². The Morgan fingerprint density at radius 1 is 1.00 bits per heavy atom. The van der Waals surface area contributed by atoms with Crippen LogP contribution >= 0.6 is 11.3 Å². The van der Waals surface area contributed by atoms with Crippen molar-refractivity contribution in [2.75, 3.05) is 0 Å². The van der Waals surface area contributed by atoms with E-state index in [9.17, 15) is 9.59 Å². The Hall–Kier alpha value is -3.71. The fraction of sp³-hybridized carbons (Fsp3) is 0.0870. The van der Waals surface area contributed by atoms with Gasteiger partial charge in [0.2, 0.25) is 0 Å². The molecule has 0 aliphatic rings. The molecule has 5 rings (SSSR count). The first-order chi connectivity index (χ1) is 14.5. The van der Waals surface area contributed by atoms with Crippen LogP contribution < -0.4 is 5.56 Å². The summed E-state index contributed by atoms with van der Waals surface area (Å²) in [5, 5.41) is 9.19. The first kappa shape index (κ1) is 18.3. The van der Waals surface area contributed by atoms with Gasteiger partial charge in [-0.2, -0.15) is 4.68 Å². The van der Waals surface area contributed by atoms with Crippen molar-refractivity contribution in [1.29, 1.82) is 0 Å².